The number of nitrogens with one attached hydrogen (secondary N) is 2. The second kappa shape index (κ2) is 7.61. The first-order chi connectivity index (χ1) is 9.31. The van der Waals surface area contributed by atoms with Crippen molar-refractivity contribution in [2.45, 2.75) is 19.9 Å². The average molecular weight is 364 g/mol. The standard InChI is InChI=1S/C13H16BrClN2O3/c1-7(2)12(13(19)20)16-6-11(18)17-10-4-3-8(14)5-9(10)15/h3-5,7,12,16H,6H2,1-2H3,(H,17,18)(H,19,20). The number of benzene rings is 1. The Morgan fingerprint density at radius 1 is 1.40 bits per heavy atom. The average Bonchev–Trinajstić information content (AvgIpc) is 2.32. The smallest absolute Gasteiger partial charge is 0.320 e. The first kappa shape index (κ1) is 16.9. The van der Waals surface area contributed by atoms with Crippen molar-refractivity contribution < 1.29 is 14.7 Å². The van der Waals surface area contributed by atoms with E-state index in [2.05, 4.69) is 26.6 Å². The lowest BCUT2D eigenvalue weighted by Gasteiger charge is -2.17. The number of hydrogen-bond donors (Lipinski definition) is 3. The molecule has 0 aromatic heterocycles. The Kier molecular flexibility index (Phi) is 6.45. The summed E-state index contributed by atoms with van der Waals surface area (Å²) < 4.78 is 0.810. The maximum absolute atomic E-state index is 11.8. The van der Waals surface area contributed by atoms with Crippen LogP contribution in [-0.4, -0.2) is 29.6 Å². The number of anilines is 1. The van der Waals surface area contributed by atoms with Gasteiger partial charge in [0.2, 0.25) is 5.91 Å². The lowest BCUT2D eigenvalue weighted by atomic mass is 10.1. The van der Waals surface area contributed by atoms with Crippen LogP contribution in [0.5, 0.6) is 0 Å². The number of rotatable bonds is 6. The van der Waals surface area contributed by atoms with Crippen molar-refractivity contribution in [3.05, 3.63) is 27.7 Å². The molecule has 110 valence electrons. The maximum atomic E-state index is 11.8. The molecule has 0 aliphatic heterocycles. The lowest BCUT2D eigenvalue weighted by molar-refractivity contribution is -0.140. The predicted molar refractivity (Wildman–Crippen MR) is 82.0 cm³/mol. The molecule has 0 bridgehead atoms. The summed E-state index contributed by atoms with van der Waals surface area (Å²) in [5, 5.41) is 14.7. The predicted octanol–water partition coefficient (Wildman–Crippen LogP) is 2.74. The molecule has 1 atom stereocenters. The number of hydrogen-bond acceptors (Lipinski definition) is 3. The van der Waals surface area contributed by atoms with E-state index in [9.17, 15) is 9.59 Å². The van der Waals surface area contributed by atoms with Crippen LogP contribution in [0.3, 0.4) is 0 Å². The van der Waals surface area contributed by atoms with Crippen LogP contribution >= 0.6 is 27.5 Å². The van der Waals surface area contributed by atoms with Crippen LogP contribution in [0.4, 0.5) is 5.69 Å². The minimum atomic E-state index is -0.977. The van der Waals surface area contributed by atoms with Crippen LogP contribution in [0.2, 0.25) is 5.02 Å². The molecule has 3 N–H and O–H groups in total. The molecule has 0 radical (unpaired) electrons. The summed E-state index contributed by atoms with van der Waals surface area (Å²) in [5.74, 6) is -1.44. The summed E-state index contributed by atoms with van der Waals surface area (Å²) in [6.07, 6.45) is 0. The number of carboxylic acid groups (broad SMARTS) is 1. The number of carbonyl (C=O) groups excluding carboxylic acids is 1. The van der Waals surface area contributed by atoms with Gasteiger partial charge in [-0.2, -0.15) is 0 Å². The zero-order chi connectivity index (χ0) is 15.3. The third kappa shape index (κ3) is 5.11. The van der Waals surface area contributed by atoms with E-state index in [0.29, 0.717) is 10.7 Å². The van der Waals surface area contributed by atoms with Crippen molar-refractivity contribution in [1.29, 1.82) is 0 Å². The highest BCUT2D eigenvalue weighted by molar-refractivity contribution is 9.10. The van der Waals surface area contributed by atoms with E-state index in [1.807, 2.05) is 0 Å². The van der Waals surface area contributed by atoms with E-state index in [1.165, 1.54) is 0 Å². The van der Waals surface area contributed by atoms with Crippen LogP contribution in [-0.2, 0) is 9.59 Å². The largest absolute Gasteiger partial charge is 0.480 e. The van der Waals surface area contributed by atoms with Gasteiger partial charge >= 0.3 is 5.97 Å². The van der Waals surface area contributed by atoms with E-state index in [0.717, 1.165) is 4.47 Å². The third-order valence-corrected chi connectivity index (χ3v) is 3.43. The van der Waals surface area contributed by atoms with Crippen molar-refractivity contribution in [3.8, 4) is 0 Å². The van der Waals surface area contributed by atoms with Gasteiger partial charge in [-0.3, -0.25) is 14.9 Å². The fraction of sp³-hybridized carbons (Fsp3) is 0.385. The number of carbonyl (C=O) groups is 2. The minimum Gasteiger partial charge on any atom is -0.480 e. The summed E-state index contributed by atoms with van der Waals surface area (Å²) >= 11 is 9.25. The maximum Gasteiger partial charge on any atom is 0.320 e. The van der Waals surface area contributed by atoms with Gasteiger partial charge in [-0.25, -0.2) is 0 Å². The van der Waals surface area contributed by atoms with Crippen LogP contribution in [0.15, 0.2) is 22.7 Å². The fourth-order valence-corrected chi connectivity index (χ4v) is 2.32. The number of amides is 1. The summed E-state index contributed by atoms with van der Waals surface area (Å²) in [7, 11) is 0. The normalized spacial score (nSPS) is 12.2. The molecule has 0 saturated heterocycles. The van der Waals surface area contributed by atoms with Crippen molar-refractivity contribution in [1.82, 2.24) is 5.32 Å². The van der Waals surface area contributed by atoms with E-state index in [-0.39, 0.29) is 18.4 Å². The topological polar surface area (TPSA) is 78.4 Å². The van der Waals surface area contributed by atoms with Gasteiger partial charge in [0.15, 0.2) is 0 Å². The third-order valence-electron chi connectivity index (χ3n) is 2.62. The minimum absolute atomic E-state index is 0.0957. The number of aliphatic carboxylic acids is 1. The molecule has 0 saturated carbocycles. The van der Waals surface area contributed by atoms with Gasteiger partial charge in [0.25, 0.3) is 0 Å². The molecule has 7 heteroatoms. The highest BCUT2D eigenvalue weighted by atomic mass is 79.9. The van der Waals surface area contributed by atoms with Gasteiger partial charge in [-0.15, -0.1) is 0 Å². The van der Waals surface area contributed by atoms with E-state index in [4.69, 9.17) is 16.7 Å². The van der Waals surface area contributed by atoms with E-state index in [1.54, 1.807) is 32.0 Å². The summed E-state index contributed by atoms with van der Waals surface area (Å²) in [5.41, 5.74) is 0.484. The van der Waals surface area contributed by atoms with Gasteiger partial charge < -0.3 is 10.4 Å². The first-order valence-corrected chi connectivity index (χ1v) is 7.19. The Bertz CT molecular complexity index is 508. The molecule has 1 aromatic carbocycles. The molecule has 1 aromatic rings. The number of carboxylic acids is 1. The molecular weight excluding hydrogens is 348 g/mol. The molecule has 0 fully saturated rings. The second-order valence-electron chi connectivity index (χ2n) is 4.61. The Labute approximate surface area is 130 Å². The first-order valence-electron chi connectivity index (χ1n) is 6.02. The molecule has 20 heavy (non-hydrogen) atoms. The molecule has 1 amide bonds. The van der Waals surface area contributed by atoms with E-state index >= 15 is 0 Å². The Morgan fingerprint density at radius 2 is 2.05 bits per heavy atom. The van der Waals surface area contributed by atoms with Crippen LogP contribution < -0.4 is 10.6 Å². The van der Waals surface area contributed by atoms with Crippen LogP contribution in [0.1, 0.15) is 13.8 Å². The summed E-state index contributed by atoms with van der Waals surface area (Å²) in [4.78, 5) is 22.7. The molecule has 0 aliphatic carbocycles. The van der Waals surface area contributed by atoms with Crippen molar-refractivity contribution in [2.75, 3.05) is 11.9 Å². The molecule has 0 spiro atoms. The highest BCUT2D eigenvalue weighted by Crippen LogP contribution is 2.25. The Balaban J connectivity index is 2.57. The van der Waals surface area contributed by atoms with Crippen molar-refractivity contribution in [2.24, 2.45) is 5.92 Å². The lowest BCUT2D eigenvalue weighted by Crippen LogP contribution is -2.44. The molecular formula is C13H16BrClN2O3. The highest BCUT2D eigenvalue weighted by Gasteiger charge is 2.21. The molecule has 1 unspecified atom stereocenters. The van der Waals surface area contributed by atoms with Crippen molar-refractivity contribution in [3.63, 3.8) is 0 Å². The summed E-state index contributed by atoms with van der Waals surface area (Å²) in [6.45, 7) is 3.45. The second-order valence-corrected chi connectivity index (χ2v) is 5.94. The Morgan fingerprint density at radius 3 is 2.55 bits per heavy atom. The van der Waals surface area contributed by atoms with Gasteiger partial charge in [-0.05, 0) is 24.1 Å². The molecule has 0 heterocycles. The van der Waals surface area contributed by atoms with Gasteiger partial charge in [0.1, 0.15) is 6.04 Å². The molecule has 0 aliphatic rings. The van der Waals surface area contributed by atoms with Crippen LogP contribution in [0.25, 0.3) is 0 Å². The Hall–Kier alpha value is -1.11. The number of halogens is 2. The zero-order valence-corrected chi connectivity index (χ0v) is 13.5. The monoisotopic (exact) mass is 362 g/mol. The van der Waals surface area contributed by atoms with Crippen molar-refractivity contribution >= 4 is 45.1 Å². The van der Waals surface area contributed by atoms with Crippen LogP contribution in [0, 0.1) is 5.92 Å². The van der Waals surface area contributed by atoms with Gasteiger partial charge in [-0.1, -0.05) is 41.4 Å². The SMILES string of the molecule is CC(C)C(NCC(=O)Nc1ccc(Br)cc1Cl)C(=O)O. The summed E-state index contributed by atoms with van der Waals surface area (Å²) in [6, 6.07) is 4.32. The van der Waals surface area contributed by atoms with Gasteiger partial charge in [0.05, 0.1) is 17.3 Å². The van der Waals surface area contributed by atoms with Gasteiger partial charge in [0, 0.05) is 4.47 Å². The molecule has 5 nitrogen and oxygen atoms in total. The fourth-order valence-electron chi connectivity index (χ4n) is 1.60. The van der Waals surface area contributed by atoms with E-state index < -0.39 is 12.0 Å². The molecule has 1 rings (SSSR count). The zero-order valence-electron chi connectivity index (χ0n) is 11.1. The quantitative estimate of drug-likeness (QED) is 0.726.